The minimum Gasteiger partial charge on any atom is -0.693 e. The summed E-state index contributed by atoms with van der Waals surface area (Å²) in [6.45, 7) is 1.99. The van der Waals surface area contributed by atoms with Crippen LogP contribution in [0.2, 0.25) is 0 Å². The summed E-state index contributed by atoms with van der Waals surface area (Å²) in [6.07, 6.45) is 4.16. The molecule has 0 aliphatic rings. The van der Waals surface area contributed by atoms with Crippen molar-refractivity contribution in [1.82, 2.24) is 9.97 Å². The quantitative estimate of drug-likeness (QED) is 0.531. The molecule has 7 nitrogen and oxygen atoms in total. The average molecular weight is 363 g/mol. The van der Waals surface area contributed by atoms with Gasteiger partial charge in [-0.25, -0.2) is 0 Å². The van der Waals surface area contributed by atoms with E-state index in [0.717, 1.165) is 23.2 Å². The van der Waals surface area contributed by atoms with Crippen molar-refractivity contribution in [3.63, 3.8) is 0 Å². The Hall–Kier alpha value is -1.57. The van der Waals surface area contributed by atoms with E-state index >= 15 is 0 Å². The van der Waals surface area contributed by atoms with E-state index < -0.39 is 0 Å². The summed E-state index contributed by atoms with van der Waals surface area (Å²) in [4.78, 5) is 19.0. The summed E-state index contributed by atoms with van der Waals surface area (Å²) in [5.41, 5.74) is 3.25. The molecule has 2 aromatic rings. The summed E-state index contributed by atoms with van der Waals surface area (Å²) in [7, 11) is 0. The van der Waals surface area contributed by atoms with E-state index in [2.05, 4.69) is 9.97 Å². The van der Waals surface area contributed by atoms with Gasteiger partial charge in [-0.05, 0) is 36.8 Å². The van der Waals surface area contributed by atoms with Crippen LogP contribution in [0.1, 0.15) is 15.9 Å². The Kier molecular flexibility index (Phi) is 16.8. The Morgan fingerprint density at radius 2 is 1.40 bits per heavy atom. The number of rotatable bonds is 2. The number of aldehydes is 1. The van der Waals surface area contributed by atoms with Gasteiger partial charge in [0, 0.05) is 18.0 Å². The summed E-state index contributed by atoms with van der Waals surface area (Å²) >= 11 is 0. The van der Waals surface area contributed by atoms with Gasteiger partial charge in [-0.1, -0.05) is 0 Å². The van der Waals surface area contributed by atoms with Crippen LogP contribution in [0.15, 0.2) is 36.7 Å². The van der Waals surface area contributed by atoms with Crippen molar-refractivity contribution in [1.29, 1.82) is 0 Å². The minimum atomic E-state index is 0. The number of aromatic nitrogens is 2. The molecule has 0 saturated carbocycles. The van der Waals surface area contributed by atoms with E-state index in [1.165, 1.54) is 0 Å². The minimum absolute atomic E-state index is 0. The van der Waals surface area contributed by atoms with Crippen LogP contribution in [-0.4, -0.2) is 16.3 Å². The van der Waals surface area contributed by atoms with Crippen LogP contribution in [0.3, 0.4) is 0 Å². The van der Waals surface area contributed by atoms with E-state index in [0.29, 0.717) is 5.56 Å². The molecule has 0 spiro atoms. The van der Waals surface area contributed by atoms with Gasteiger partial charge in [0.05, 0.1) is 11.4 Å². The maximum absolute atomic E-state index is 10.6. The molecule has 0 amide bonds. The van der Waals surface area contributed by atoms with Crippen LogP contribution in [0.4, 0.5) is 0 Å². The first kappa shape index (κ1) is 26.9. The second kappa shape index (κ2) is 12.5. The number of hydrogen-bond acceptors (Lipinski definition) is 3. The van der Waals surface area contributed by atoms with Gasteiger partial charge in [0.25, 0.3) is 0 Å². The van der Waals surface area contributed by atoms with Crippen molar-refractivity contribution in [3.8, 4) is 11.4 Å². The van der Waals surface area contributed by atoms with E-state index in [4.69, 9.17) is 0 Å². The molecule has 2 rings (SSSR count). The zero-order chi connectivity index (χ0) is 10.7. The summed E-state index contributed by atoms with van der Waals surface area (Å²) in [5.74, 6) is 0. The van der Waals surface area contributed by atoms with Crippen molar-refractivity contribution < 1.29 is 24.3 Å². The van der Waals surface area contributed by atoms with Gasteiger partial charge < -0.3 is 24.6 Å². The molecule has 0 bridgehead atoms. The topological polar surface area (TPSA) is 177 Å². The average Bonchev–Trinajstić information content (AvgIpc) is 2.29. The number of aryl methyl sites for hydroxylation is 1. The van der Waals surface area contributed by atoms with Gasteiger partial charge >= 0.3 is 19.5 Å². The third-order valence-corrected chi connectivity index (χ3v) is 2.10. The van der Waals surface area contributed by atoms with Gasteiger partial charge in [-0.15, -0.1) is 0 Å². The monoisotopic (exact) mass is 364 g/mol. The molecule has 0 aliphatic carbocycles. The molecule has 0 radical (unpaired) electrons. The molecule has 2 heterocycles. The fourth-order valence-electron chi connectivity index (χ4n) is 1.34. The summed E-state index contributed by atoms with van der Waals surface area (Å²) in [6, 6.07) is 7.27. The molecule has 0 aromatic carbocycles. The maximum Gasteiger partial charge on any atom is 4.00 e. The SMILES string of the molecule is Cc1ccnc(-c2cc(C=O)ccn2)c1.[NH2-].[NH2-].[NH2-].[NH2-].[Ru+4]. The van der Waals surface area contributed by atoms with E-state index in [1.54, 1.807) is 24.5 Å². The predicted octanol–water partition coefficient (Wildman–Crippen LogP) is 5.13. The normalized spacial score (nSPS) is 7.45. The molecular weight excluding hydrogens is 345 g/mol. The first-order valence-electron chi connectivity index (χ1n) is 4.64. The standard InChI is InChI=1S/C12H10N2O.4H2N.Ru/c1-9-2-4-13-11(6-9)12-7-10(8-15)3-5-14-12;;;;;/h2-8H,1H3;4*1H2;/q;4*-1;+4. The fraction of sp³-hybridized carbons (Fsp3) is 0.0833. The number of pyridine rings is 2. The Labute approximate surface area is 131 Å². The van der Waals surface area contributed by atoms with E-state index in [9.17, 15) is 4.79 Å². The maximum atomic E-state index is 10.6. The second-order valence-electron chi connectivity index (χ2n) is 3.31. The Morgan fingerprint density at radius 1 is 0.900 bits per heavy atom. The third kappa shape index (κ3) is 6.56. The first-order chi connectivity index (χ1) is 7.29. The van der Waals surface area contributed by atoms with Gasteiger partial charge in [0.1, 0.15) is 6.29 Å². The van der Waals surface area contributed by atoms with E-state index in [-0.39, 0.29) is 44.1 Å². The molecule has 0 aliphatic heterocycles. The molecule has 0 saturated heterocycles. The van der Waals surface area contributed by atoms with Crippen LogP contribution in [0, 0.1) is 6.92 Å². The second-order valence-corrected chi connectivity index (χ2v) is 3.31. The Balaban J connectivity index is -0.000000256. The molecule has 8 heteroatoms. The number of nitrogens with zero attached hydrogens (tertiary/aromatic N) is 2. The zero-order valence-corrected chi connectivity index (χ0v) is 12.7. The van der Waals surface area contributed by atoms with Gasteiger partial charge in [0.2, 0.25) is 0 Å². The van der Waals surface area contributed by atoms with Crippen LogP contribution in [0.25, 0.3) is 36.0 Å². The van der Waals surface area contributed by atoms with Crippen molar-refractivity contribution in [2.75, 3.05) is 0 Å². The van der Waals surface area contributed by atoms with Crippen molar-refractivity contribution in [2.24, 2.45) is 0 Å². The van der Waals surface area contributed by atoms with Crippen LogP contribution >= 0.6 is 0 Å². The van der Waals surface area contributed by atoms with Gasteiger partial charge in [-0.2, -0.15) is 0 Å². The third-order valence-electron chi connectivity index (χ3n) is 2.10. The molecule has 20 heavy (non-hydrogen) atoms. The largest absolute Gasteiger partial charge is 4.00 e. The van der Waals surface area contributed by atoms with Crippen LogP contribution in [-0.2, 0) is 19.5 Å². The molecule has 0 unspecified atom stereocenters. The first-order valence-corrected chi connectivity index (χ1v) is 4.64. The van der Waals surface area contributed by atoms with Crippen molar-refractivity contribution in [2.45, 2.75) is 6.92 Å². The molecule has 0 atom stereocenters. The number of carbonyl (C=O) groups excluding carboxylic acids is 1. The molecule has 0 fully saturated rings. The van der Waals surface area contributed by atoms with Gasteiger partial charge in [-0.3, -0.25) is 14.8 Å². The Bertz CT molecular complexity index is 509. The van der Waals surface area contributed by atoms with Crippen molar-refractivity contribution in [3.05, 3.63) is 72.4 Å². The van der Waals surface area contributed by atoms with Gasteiger partial charge in [0.15, 0.2) is 0 Å². The number of hydrogen-bond donors (Lipinski definition) is 0. The zero-order valence-electron chi connectivity index (χ0n) is 11.0. The summed E-state index contributed by atoms with van der Waals surface area (Å²) in [5, 5.41) is 0. The number of nitrogens with two attached hydrogens (primary N) is 4. The van der Waals surface area contributed by atoms with Crippen molar-refractivity contribution >= 4 is 6.29 Å². The molecule has 110 valence electrons. The number of carbonyl (C=O) groups is 1. The van der Waals surface area contributed by atoms with E-state index in [1.807, 2.05) is 19.1 Å². The molecule has 2 aromatic heterocycles. The Morgan fingerprint density at radius 3 is 1.90 bits per heavy atom. The van der Waals surface area contributed by atoms with Crippen LogP contribution in [0.5, 0.6) is 0 Å². The smallest absolute Gasteiger partial charge is 0.693 e. The fourth-order valence-corrected chi connectivity index (χ4v) is 1.34. The predicted molar refractivity (Wildman–Crippen MR) is 78.7 cm³/mol. The van der Waals surface area contributed by atoms with Crippen LogP contribution < -0.4 is 0 Å². The molecule has 8 N–H and O–H groups in total. The summed E-state index contributed by atoms with van der Waals surface area (Å²) < 4.78 is 0. The molecular formula is C12H18N6ORu.